The summed E-state index contributed by atoms with van der Waals surface area (Å²) in [6.45, 7) is 0. The van der Waals surface area contributed by atoms with Gasteiger partial charge in [-0.25, -0.2) is 8.42 Å². The van der Waals surface area contributed by atoms with Crippen molar-refractivity contribution in [1.29, 1.82) is 0 Å². The van der Waals surface area contributed by atoms with Gasteiger partial charge in [0.1, 0.15) is 23.2 Å². The molecule has 0 atom stereocenters. The maximum absolute atomic E-state index is 10.7. The van der Waals surface area contributed by atoms with Gasteiger partial charge in [-0.3, -0.25) is 0 Å². The maximum atomic E-state index is 10.7. The van der Waals surface area contributed by atoms with Crippen LogP contribution in [0.1, 0.15) is 18.4 Å². The monoisotopic (exact) mass is 570 g/mol. The molecule has 0 fully saturated rings. The second kappa shape index (κ2) is 14.2. The van der Waals surface area contributed by atoms with Gasteiger partial charge >= 0.3 is 5.51 Å². The molecule has 0 amide bonds. The van der Waals surface area contributed by atoms with Crippen LogP contribution >= 0.6 is 7.26 Å². The minimum atomic E-state index is -6.09. The molecule has 0 N–H and O–H groups in total. The molecule has 4 aromatic carbocycles. The lowest BCUT2D eigenvalue weighted by atomic mass is 10.1. The molecule has 0 aliphatic carbocycles. The fourth-order valence-electron chi connectivity index (χ4n) is 4.23. The van der Waals surface area contributed by atoms with Gasteiger partial charge in [0.25, 0.3) is 0 Å². The molecule has 0 spiro atoms. The first kappa shape index (κ1) is 30.3. The van der Waals surface area contributed by atoms with Crippen LogP contribution in [0.25, 0.3) is 0 Å². The van der Waals surface area contributed by atoms with Gasteiger partial charge in [-0.05, 0) is 61.2 Å². The number of unbranched alkanes of at least 4 members (excludes halogenated alkanes) is 1. The Balaban J connectivity index is 0.000000459. The first-order valence-electron chi connectivity index (χ1n) is 12.4. The molecule has 4 rings (SSSR count). The van der Waals surface area contributed by atoms with Gasteiger partial charge in [0, 0.05) is 0 Å². The van der Waals surface area contributed by atoms with Crippen molar-refractivity contribution < 1.29 is 26.1 Å². The summed E-state index contributed by atoms with van der Waals surface area (Å²) in [4.78, 5) is 0. The Morgan fingerprint density at radius 1 is 0.641 bits per heavy atom. The lowest BCUT2D eigenvalue weighted by Crippen LogP contribution is -2.32. The molecule has 0 unspecified atom stereocenters. The van der Waals surface area contributed by atoms with Crippen LogP contribution in [-0.2, 0) is 16.5 Å². The summed E-state index contributed by atoms with van der Waals surface area (Å²) < 4.78 is 58.9. The van der Waals surface area contributed by atoms with Gasteiger partial charge in [0.05, 0.1) is 6.16 Å². The van der Waals surface area contributed by atoms with Crippen LogP contribution in [0.15, 0.2) is 133 Å². The Morgan fingerprint density at radius 3 is 1.36 bits per heavy atom. The van der Waals surface area contributed by atoms with E-state index in [0.29, 0.717) is 0 Å². The number of alkyl halides is 3. The highest BCUT2D eigenvalue weighted by molar-refractivity contribution is 7.95. The summed E-state index contributed by atoms with van der Waals surface area (Å²) in [5, 5.41) is 4.34. The molecular formula is C31H30F3O3PS. The maximum Gasteiger partial charge on any atom is 0.485 e. The number of aryl methyl sites for hydroxylation is 1. The molecule has 0 saturated carbocycles. The Hall–Kier alpha value is -3.25. The highest BCUT2D eigenvalue weighted by Crippen LogP contribution is 2.55. The summed E-state index contributed by atoms with van der Waals surface area (Å²) in [6, 6.07) is 44.1. The number of rotatable bonds is 9. The largest absolute Gasteiger partial charge is 0.741 e. The van der Waals surface area contributed by atoms with Crippen molar-refractivity contribution in [1.82, 2.24) is 0 Å². The smallest absolute Gasteiger partial charge is 0.485 e. The number of hydrogen-bond acceptors (Lipinski definition) is 3. The minimum Gasteiger partial charge on any atom is -0.741 e. The second-order valence-electron chi connectivity index (χ2n) is 8.75. The van der Waals surface area contributed by atoms with E-state index in [2.05, 4.69) is 133 Å². The Labute approximate surface area is 229 Å². The van der Waals surface area contributed by atoms with E-state index >= 15 is 0 Å². The Bertz CT molecular complexity index is 1300. The van der Waals surface area contributed by atoms with Crippen molar-refractivity contribution in [2.75, 3.05) is 6.16 Å². The number of halogens is 3. The van der Waals surface area contributed by atoms with Gasteiger partial charge in [0.15, 0.2) is 10.1 Å². The van der Waals surface area contributed by atoms with Crippen LogP contribution in [-0.4, -0.2) is 24.6 Å². The predicted molar refractivity (Wildman–Crippen MR) is 154 cm³/mol. The predicted octanol–water partition coefficient (Wildman–Crippen LogP) is 6.61. The third-order valence-corrected chi connectivity index (χ3v) is 11.0. The minimum absolute atomic E-state index is 1.05. The molecular weight excluding hydrogens is 540 g/mol. The Kier molecular flexibility index (Phi) is 11.0. The zero-order valence-corrected chi connectivity index (χ0v) is 23.0. The van der Waals surface area contributed by atoms with E-state index in [4.69, 9.17) is 13.0 Å². The normalized spacial score (nSPS) is 12.1. The first-order valence-corrected chi connectivity index (χ1v) is 15.8. The zero-order valence-electron chi connectivity index (χ0n) is 21.2. The molecule has 0 aliphatic heterocycles. The van der Waals surface area contributed by atoms with Crippen LogP contribution < -0.4 is 15.9 Å². The molecule has 8 heteroatoms. The van der Waals surface area contributed by atoms with Crippen molar-refractivity contribution in [3.63, 3.8) is 0 Å². The van der Waals surface area contributed by atoms with Gasteiger partial charge in [-0.2, -0.15) is 13.2 Å². The van der Waals surface area contributed by atoms with Gasteiger partial charge in [-0.15, -0.1) is 0 Å². The zero-order chi connectivity index (χ0) is 28.2. The molecule has 3 nitrogen and oxygen atoms in total. The number of hydrogen-bond donors (Lipinski definition) is 0. The summed E-state index contributed by atoms with van der Waals surface area (Å²) in [5.41, 5.74) is -4.22. The quantitative estimate of drug-likeness (QED) is 0.0748. The highest BCUT2D eigenvalue weighted by Gasteiger charge is 2.44. The van der Waals surface area contributed by atoms with Crippen molar-refractivity contribution in [2.45, 2.75) is 24.8 Å². The standard InChI is InChI=1S/C30H30P.CHF3O3S/c1(7-17-27-18-8-3-9-19-27)2-16-26-31(28-20-10-4-11-21-28,29-22-12-5-13-23-29)30-24-14-6-15-25-30;2-1(3,4)8(5,6)7/h2-6,8-16,18-25H,1,7,17,26H2;(H,5,6,7)/q+1;/p-1/b16-2+;. The van der Waals surface area contributed by atoms with E-state index in [1.807, 2.05) is 0 Å². The topological polar surface area (TPSA) is 57.2 Å². The molecule has 0 heterocycles. The molecule has 204 valence electrons. The van der Waals surface area contributed by atoms with Crippen LogP contribution in [0.5, 0.6) is 0 Å². The first-order chi connectivity index (χ1) is 18.6. The van der Waals surface area contributed by atoms with Gasteiger partial charge in [-0.1, -0.05) is 97.1 Å². The summed E-state index contributed by atoms with van der Waals surface area (Å²) in [6.07, 6.45) is 9.33. The SMILES string of the molecule is C(=C\C[P+](c1ccccc1)(c1ccccc1)c1ccccc1)/CCCc1ccccc1.O=S(=O)([O-])C(F)(F)F. The second-order valence-corrected chi connectivity index (χ2v) is 13.7. The average Bonchev–Trinajstić information content (AvgIpc) is 2.94. The van der Waals surface area contributed by atoms with E-state index < -0.39 is 22.9 Å². The van der Waals surface area contributed by atoms with Crippen molar-refractivity contribution in [3.8, 4) is 0 Å². The Morgan fingerprint density at radius 2 is 1.00 bits per heavy atom. The van der Waals surface area contributed by atoms with E-state index in [-0.39, 0.29) is 0 Å². The lowest BCUT2D eigenvalue weighted by molar-refractivity contribution is -0.0517. The fourth-order valence-corrected chi connectivity index (χ4v) is 8.27. The number of allylic oxidation sites excluding steroid dienone is 2. The van der Waals surface area contributed by atoms with Gasteiger partial charge in [0.2, 0.25) is 0 Å². The average molecular weight is 571 g/mol. The van der Waals surface area contributed by atoms with Crippen LogP contribution in [0.3, 0.4) is 0 Å². The molecule has 0 aromatic heterocycles. The van der Waals surface area contributed by atoms with Crippen molar-refractivity contribution in [3.05, 3.63) is 139 Å². The third-order valence-electron chi connectivity index (χ3n) is 6.10. The van der Waals surface area contributed by atoms with E-state index in [9.17, 15) is 13.2 Å². The van der Waals surface area contributed by atoms with Gasteiger partial charge < -0.3 is 4.55 Å². The van der Waals surface area contributed by atoms with Crippen molar-refractivity contribution >= 4 is 33.3 Å². The highest BCUT2D eigenvalue weighted by atomic mass is 32.2. The molecule has 0 saturated heterocycles. The van der Waals surface area contributed by atoms with E-state index in [0.717, 1.165) is 19.0 Å². The molecule has 4 aromatic rings. The summed E-state index contributed by atoms with van der Waals surface area (Å²) in [5.74, 6) is 0. The van der Waals surface area contributed by atoms with Crippen LogP contribution in [0, 0.1) is 0 Å². The van der Waals surface area contributed by atoms with Crippen molar-refractivity contribution in [2.24, 2.45) is 0 Å². The van der Waals surface area contributed by atoms with Crippen LogP contribution in [0.2, 0.25) is 0 Å². The number of benzene rings is 4. The summed E-state index contributed by atoms with van der Waals surface area (Å²) >= 11 is 0. The molecule has 0 bridgehead atoms. The van der Waals surface area contributed by atoms with E-state index in [1.165, 1.54) is 27.9 Å². The fraction of sp³-hybridized carbons (Fsp3) is 0.161. The summed E-state index contributed by atoms with van der Waals surface area (Å²) in [7, 11) is -7.84. The molecule has 0 aliphatic rings. The van der Waals surface area contributed by atoms with E-state index in [1.54, 1.807) is 0 Å². The lowest BCUT2D eigenvalue weighted by Gasteiger charge is -2.26. The molecule has 39 heavy (non-hydrogen) atoms. The van der Waals surface area contributed by atoms with Crippen LogP contribution in [0.4, 0.5) is 13.2 Å². The third kappa shape index (κ3) is 8.62. The molecule has 0 radical (unpaired) electrons.